The summed E-state index contributed by atoms with van der Waals surface area (Å²) in [7, 11) is -3.81. The Morgan fingerprint density at radius 1 is 1.25 bits per heavy atom. The van der Waals surface area contributed by atoms with Gasteiger partial charge in [0.2, 0.25) is 10.0 Å². The third kappa shape index (κ3) is 2.90. The Balaban J connectivity index is 2.04. The second-order valence-corrected chi connectivity index (χ2v) is 7.62. The molecule has 0 radical (unpaired) electrons. The number of nitro benzene ring substituents is 1. The number of nitro groups is 1. The summed E-state index contributed by atoms with van der Waals surface area (Å²) in [4.78, 5) is 14.4. The van der Waals surface area contributed by atoms with Crippen molar-refractivity contribution in [1.82, 2.24) is 9.29 Å². The molecule has 1 saturated heterocycles. The molecule has 3 rings (SSSR count). The van der Waals surface area contributed by atoms with E-state index in [4.69, 9.17) is 0 Å². The van der Waals surface area contributed by atoms with Gasteiger partial charge in [-0.05, 0) is 43.0 Å². The van der Waals surface area contributed by atoms with Gasteiger partial charge in [-0.15, -0.1) is 0 Å². The van der Waals surface area contributed by atoms with Crippen LogP contribution in [0.4, 0.5) is 5.69 Å². The number of benzene rings is 1. The average molecular weight is 347 g/mol. The van der Waals surface area contributed by atoms with Gasteiger partial charge < -0.3 is 0 Å². The van der Waals surface area contributed by atoms with Crippen LogP contribution in [0.3, 0.4) is 0 Å². The highest BCUT2D eigenvalue weighted by Crippen LogP contribution is 2.37. The smallest absolute Gasteiger partial charge is 0.265 e. The minimum absolute atomic E-state index is 0.00217. The number of hydrogen-bond acceptors (Lipinski definition) is 5. The predicted molar refractivity (Wildman–Crippen MR) is 87.9 cm³/mol. The van der Waals surface area contributed by atoms with Gasteiger partial charge in [0.05, 0.1) is 15.9 Å². The summed E-state index contributed by atoms with van der Waals surface area (Å²) < 4.78 is 27.6. The fraction of sp³-hybridized carbons (Fsp3) is 0.312. The van der Waals surface area contributed by atoms with Gasteiger partial charge in [0.25, 0.3) is 5.69 Å². The summed E-state index contributed by atoms with van der Waals surface area (Å²) in [5.41, 5.74) is 1.16. The first-order chi connectivity index (χ1) is 11.4. The van der Waals surface area contributed by atoms with Gasteiger partial charge in [0.15, 0.2) is 0 Å². The minimum atomic E-state index is -3.81. The van der Waals surface area contributed by atoms with Crippen molar-refractivity contribution in [3.63, 3.8) is 0 Å². The molecule has 8 heteroatoms. The molecule has 2 heterocycles. The lowest BCUT2D eigenvalue weighted by Gasteiger charge is -2.25. The van der Waals surface area contributed by atoms with E-state index in [9.17, 15) is 18.5 Å². The maximum atomic E-state index is 13.1. The van der Waals surface area contributed by atoms with Gasteiger partial charge in [-0.3, -0.25) is 15.1 Å². The molecule has 0 bridgehead atoms. The van der Waals surface area contributed by atoms with Crippen LogP contribution in [0.15, 0.2) is 47.6 Å². The molecular weight excluding hydrogens is 330 g/mol. The first-order valence-electron chi connectivity index (χ1n) is 7.58. The van der Waals surface area contributed by atoms with E-state index in [1.54, 1.807) is 31.5 Å². The molecule has 0 saturated carbocycles. The van der Waals surface area contributed by atoms with Gasteiger partial charge in [0.1, 0.15) is 0 Å². The summed E-state index contributed by atoms with van der Waals surface area (Å²) in [6, 6.07) is 7.28. The zero-order chi connectivity index (χ0) is 17.3. The van der Waals surface area contributed by atoms with E-state index < -0.39 is 14.9 Å². The van der Waals surface area contributed by atoms with Crippen LogP contribution >= 0.6 is 0 Å². The first-order valence-corrected chi connectivity index (χ1v) is 9.02. The van der Waals surface area contributed by atoms with E-state index >= 15 is 0 Å². The van der Waals surface area contributed by atoms with Crippen molar-refractivity contribution >= 4 is 15.7 Å². The van der Waals surface area contributed by atoms with E-state index in [2.05, 4.69) is 4.98 Å². The van der Waals surface area contributed by atoms with Crippen LogP contribution < -0.4 is 0 Å². The molecule has 0 N–H and O–H groups in total. The first kappa shape index (κ1) is 16.5. The lowest BCUT2D eigenvalue weighted by Crippen LogP contribution is -2.31. The molecule has 1 atom stereocenters. The van der Waals surface area contributed by atoms with Crippen molar-refractivity contribution in [3.05, 3.63) is 64.0 Å². The molecular formula is C16H17N3O4S. The highest BCUT2D eigenvalue weighted by Gasteiger charge is 2.37. The SMILES string of the molecule is Cc1ccc([N+](=O)[O-])cc1S(=O)(=O)N1CCCC1c1ccncc1. The molecule has 0 amide bonds. The standard InChI is InChI=1S/C16H17N3O4S/c1-12-4-5-14(19(20)21)11-16(12)24(22,23)18-10-2-3-15(18)13-6-8-17-9-7-13/h4-9,11,15H,2-3,10H2,1H3. The van der Waals surface area contributed by atoms with Gasteiger partial charge in [-0.25, -0.2) is 8.42 Å². The predicted octanol–water partition coefficient (Wildman–Crippen LogP) is 2.82. The molecule has 1 aromatic carbocycles. The molecule has 2 aromatic rings. The monoisotopic (exact) mass is 347 g/mol. The summed E-state index contributed by atoms with van der Waals surface area (Å²) in [5.74, 6) is 0. The number of aromatic nitrogens is 1. The fourth-order valence-electron chi connectivity index (χ4n) is 3.05. The molecule has 24 heavy (non-hydrogen) atoms. The number of rotatable bonds is 4. The summed E-state index contributed by atoms with van der Waals surface area (Å²) in [6.07, 6.45) is 4.74. The quantitative estimate of drug-likeness (QED) is 0.626. The van der Waals surface area contributed by atoms with Crippen molar-refractivity contribution in [3.8, 4) is 0 Å². The van der Waals surface area contributed by atoms with Crippen molar-refractivity contribution in [1.29, 1.82) is 0 Å². The Morgan fingerprint density at radius 2 is 1.96 bits per heavy atom. The highest BCUT2D eigenvalue weighted by molar-refractivity contribution is 7.89. The third-order valence-electron chi connectivity index (χ3n) is 4.26. The summed E-state index contributed by atoms with van der Waals surface area (Å²) >= 11 is 0. The van der Waals surface area contributed by atoms with E-state index in [0.717, 1.165) is 24.5 Å². The molecule has 1 aliphatic rings. The number of pyridine rings is 1. The third-order valence-corrected chi connectivity index (χ3v) is 6.31. The van der Waals surface area contributed by atoms with Gasteiger partial charge in [-0.2, -0.15) is 4.31 Å². The molecule has 1 fully saturated rings. The Labute approximate surface area is 140 Å². The van der Waals surface area contributed by atoms with Crippen molar-refractivity contribution in [2.45, 2.75) is 30.7 Å². The molecule has 126 valence electrons. The van der Waals surface area contributed by atoms with Gasteiger partial charge >= 0.3 is 0 Å². The van der Waals surface area contributed by atoms with E-state index in [-0.39, 0.29) is 16.6 Å². The minimum Gasteiger partial charge on any atom is -0.265 e. The van der Waals surface area contributed by atoms with Gasteiger partial charge in [-0.1, -0.05) is 6.07 Å². The molecule has 1 aromatic heterocycles. The van der Waals surface area contributed by atoms with Crippen LogP contribution in [0, 0.1) is 17.0 Å². The second-order valence-electron chi connectivity index (χ2n) is 5.76. The number of aryl methyl sites for hydroxylation is 1. The van der Waals surface area contributed by atoms with Crippen LogP contribution in [0.2, 0.25) is 0 Å². The van der Waals surface area contributed by atoms with E-state index in [1.807, 2.05) is 0 Å². The topological polar surface area (TPSA) is 93.4 Å². The van der Waals surface area contributed by atoms with Crippen molar-refractivity contribution in [2.75, 3.05) is 6.54 Å². The lowest BCUT2D eigenvalue weighted by molar-refractivity contribution is -0.385. The Morgan fingerprint density at radius 3 is 2.62 bits per heavy atom. The fourth-order valence-corrected chi connectivity index (χ4v) is 4.98. The van der Waals surface area contributed by atoms with E-state index in [1.165, 1.54) is 16.4 Å². The summed E-state index contributed by atoms with van der Waals surface area (Å²) in [5, 5.41) is 11.0. The molecule has 1 unspecified atom stereocenters. The maximum Gasteiger partial charge on any atom is 0.270 e. The van der Waals surface area contributed by atoms with Crippen LogP contribution in [0.5, 0.6) is 0 Å². The largest absolute Gasteiger partial charge is 0.270 e. The second kappa shape index (κ2) is 6.29. The number of nitrogens with zero attached hydrogens (tertiary/aromatic N) is 3. The molecule has 0 spiro atoms. The zero-order valence-electron chi connectivity index (χ0n) is 13.1. The zero-order valence-corrected chi connectivity index (χ0v) is 13.9. The van der Waals surface area contributed by atoms with Crippen LogP contribution in [0.1, 0.15) is 30.0 Å². The normalized spacial score (nSPS) is 18.6. The van der Waals surface area contributed by atoms with Crippen molar-refractivity contribution < 1.29 is 13.3 Å². The Kier molecular flexibility index (Phi) is 4.33. The Bertz CT molecular complexity index is 868. The maximum absolute atomic E-state index is 13.1. The van der Waals surface area contributed by atoms with Crippen LogP contribution in [-0.2, 0) is 10.0 Å². The number of hydrogen-bond donors (Lipinski definition) is 0. The van der Waals surface area contributed by atoms with E-state index in [0.29, 0.717) is 12.1 Å². The lowest BCUT2D eigenvalue weighted by atomic mass is 10.1. The van der Waals surface area contributed by atoms with Crippen LogP contribution in [-0.4, -0.2) is 29.2 Å². The number of non-ortho nitro benzene ring substituents is 1. The highest BCUT2D eigenvalue weighted by atomic mass is 32.2. The average Bonchev–Trinajstić information content (AvgIpc) is 3.06. The van der Waals surface area contributed by atoms with Crippen LogP contribution in [0.25, 0.3) is 0 Å². The summed E-state index contributed by atoms with van der Waals surface area (Å²) in [6.45, 7) is 2.05. The molecule has 7 nitrogen and oxygen atoms in total. The molecule has 0 aliphatic carbocycles. The number of sulfonamides is 1. The van der Waals surface area contributed by atoms with Gasteiger partial charge in [0, 0.05) is 31.1 Å². The molecule has 1 aliphatic heterocycles. The van der Waals surface area contributed by atoms with Crippen molar-refractivity contribution in [2.24, 2.45) is 0 Å². The Hall–Kier alpha value is -2.32.